The number of aromatic nitrogens is 2. The van der Waals surface area contributed by atoms with Crippen LogP contribution in [0.15, 0.2) is 82.8 Å². The molecular formula is C31H36N4O4S2. The minimum atomic E-state index is -3.66. The van der Waals surface area contributed by atoms with Crippen LogP contribution in [-0.4, -0.2) is 38.9 Å². The smallest absolute Gasteiger partial charge is 0.242 e. The summed E-state index contributed by atoms with van der Waals surface area (Å²) in [5, 5.41) is 1.62. The molecule has 4 aromatic rings. The molecule has 10 heteroatoms. The number of nitrogens with zero attached hydrogens (tertiary/aromatic N) is 2. The Bertz CT molecular complexity index is 1600. The van der Waals surface area contributed by atoms with E-state index in [-0.39, 0.29) is 21.9 Å². The number of rotatable bonds is 8. The molecule has 2 aliphatic rings. The summed E-state index contributed by atoms with van der Waals surface area (Å²) in [4.78, 5) is 9.10. The van der Waals surface area contributed by atoms with Crippen molar-refractivity contribution in [1.29, 1.82) is 0 Å². The van der Waals surface area contributed by atoms with Crippen molar-refractivity contribution < 1.29 is 16.8 Å². The molecule has 8 nitrogen and oxygen atoms in total. The van der Waals surface area contributed by atoms with E-state index in [0.717, 1.165) is 68.6 Å². The van der Waals surface area contributed by atoms with E-state index < -0.39 is 20.0 Å². The van der Waals surface area contributed by atoms with Gasteiger partial charge >= 0.3 is 0 Å². The minimum absolute atomic E-state index is 0.0658. The van der Waals surface area contributed by atoms with Crippen molar-refractivity contribution in [1.82, 2.24) is 19.4 Å². The lowest BCUT2D eigenvalue weighted by Gasteiger charge is -2.34. The van der Waals surface area contributed by atoms with Gasteiger partial charge in [0.1, 0.15) is 9.79 Å². The van der Waals surface area contributed by atoms with Crippen LogP contribution in [0.2, 0.25) is 0 Å². The summed E-state index contributed by atoms with van der Waals surface area (Å²) in [6.45, 7) is 0. The van der Waals surface area contributed by atoms with Crippen molar-refractivity contribution in [3.05, 3.63) is 73.1 Å². The molecule has 0 saturated heterocycles. The summed E-state index contributed by atoms with van der Waals surface area (Å²) in [5.41, 5.74) is 1.01. The Kier molecular flexibility index (Phi) is 8.09. The van der Waals surface area contributed by atoms with Crippen LogP contribution in [0, 0.1) is 11.8 Å². The lowest BCUT2D eigenvalue weighted by atomic mass is 9.76. The van der Waals surface area contributed by atoms with Crippen molar-refractivity contribution in [2.24, 2.45) is 11.8 Å². The zero-order valence-electron chi connectivity index (χ0n) is 22.9. The van der Waals surface area contributed by atoms with Gasteiger partial charge in [-0.1, -0.05) is 36.4 Å². The van der Waals surface area contributed by atoms with Crippen LogP contribution in [0.3, 0.4) is 0 Å². The predicted molar refractivity (Wildman–Crippen MR) is 160 cm³/mol. The van der Waals surface area contributed by atoms with Gasteiger partial charge in [0.15, 0.2) is 0 Å². The first kappa shape index (κ1) is 28.2. The van der Waals surface area contributed by atoms with Crippen molar-refractivity contribution >= 4 is 41.9 Å². The van der Waals surface area contributed by atoms with E-state index in [9.17, 15) is 16.8 Å². The van der Waals surface area contributed by atoms with Crippen LogP contribution < -0.4 is 9.44 Å². The zero-order chi connectivity index (χ0) is 28.5. The van der Waals surface area contributed by atoms with Crippen molar-refractivity contribution in [2.45, 2.75) is 79.7 Å². The van der Waals surface area contributed by atoms with E-state index >= 15 is 0 Å². The molecule has 0 radical (unpaired) electrons. The molecule has 0 aliphatic heterocycles. The Labute approximate surface area is 242 Å². The topological polar surface area (TPSA) is 118 Å². The number of fused-ring (bicyclic) bond motifs is 2. The average molecular weight is 593 g/mol. The molecule has 0 unspecified atom stereocenters. The van der Waals surface area contributed by atoms with Crippen molar-refractivity contribution in [3.8, 4) is 0 Å². The fourth-order valence-electron chi connectivity index (χ4n) is 6.66. The molecule has 0 bridgehead atoms. The van der Waals surface area contributed by atoms with Crippen LogP contribution in [0.5, 0.6) is 0 Å². The molecule has 2 N–H and O–H groups in total. The number of hydrogen-bond acceptors (Lipinski definition) is 6. The Morgan fingerprint density at radius 3 is 1.37 bits per heavy atom. The maximum absolute atomic E-state index is 13.2. The van der Waals surface area contributed by atoms with Crippen LogP contribution >= 0.6 is 0 Å². The van der Waals surface area contributed by atoms with E-state index in [1.807, 2.05) is 36.4 Å². The van der Waals surface area contributed by atoms with Crippen molar-refractivity contribution in [2.75, 3.05) is 0 Å². The van der Waals surface area contributed by atoms with Crippen LogP contribution in [0.4, 0.5) is 0 Å². The number of benzene rings is 2. The van der Waals surface area contributed by atoms with E-state index in [1.54, 1.807) is 36.7 Å². The SMILES string of the molecule is O=S(=O)(NC1CCC(CC2CCC(NS(=O)(=O)c3cccc4cccnc34)CC2)CC1)c1cccc2cccnc12. The minimum Gasteiger partial charge on any atom is -0.255 e. The molecule has 2 aliphatic carbocycles. The molecule has 0 spiro atoms. The highest BCUT2D eigenvalue weighted by molar-refractivity contribution is 7.90. The number of pyridine rings is 2. The van der Waals surface area contributed by atoms with Gasteiger partial charge in [0.05, 0.1) is 11.0 Å². The van der Waals surface area contributed by atoms with Gasteiger partial charge < -0.3 is 0 Å². The molecule has 6 rings (SSSR count). The fourth-order valence-corrected chi connectivity index (χ4v) is 9.62. The molecule has 2 heterocycles. The molecule has 41 heavy (non-hydrogen) atoms. The van der Waals surface area contributed by atoms with Gasteiger partial charge in [-0.15, -0.1) is 0 Å². The standard InChI is InChI=1S/C31H36N4O4S2/c36-40(37,28-9-1-5-24-7-3-19-32-30(24)28)34-26-15-11-22(12-16-26)21-23-13-17-27(18-14-23)35-41(38,39)29-10-2-6-25-8-4-20-33-31(25)29/h1-10,19-20,22-23,26-27,34-35H,11-18,21H2. The highest BCUT2D eigenvalue weighted by Crippen LogP contribution is 2.36. The lowest BCUT2D eigenvalue weighted by molar-refractivity contribution is 0.218. The Morgan fingerprint density at radius 2 is 0.951 bits per heavy atom. The Balaban J connectivity index is 0.986. The van der Waals surface area contributed by atoms with Crippen LogP contribution in [-0.2, 0) is 20.0 Å². The fraction of sp³-hybridized carbons (Fsp3) is 0.419. The number of sulfonamides is 2. The molecular weight excluding hydrogens is 556 g/mol. The van der Waals surface area contributed by atoms with Gasteiger partial charge in [-0.25, -0.2) is 26.3 Å². The first-order valence-corrected chi connectivity index (χ1v) is 17.5. The summed E-state index contributed by atoms with van der Waals surface area (Å²) in [5.74, 6) is 1.16. The molecule has 2 saturated carbocycles. The summed E-state index contributed by atoms with van der Waals surface area (Å²) in [6.07, 6.45) is 11.7. The third kappa shape index (κ3) is 6.30. The summed E-state index contributed by atoms with van der Waals surface area (Å²) in [7, 11) is -7.31. The van der Waals surface area contributed by atoms with Crippen molar-refractivity contribution in [3.63, 3.8) is 0 Å². The van der Waals surface area contributed by atoms with Gasteiger partial charge in [-0.05, 0) is 93.9 Å². The molecule has 216 valence electrons. The summed E-state index contributed by atoms with van der Waals surface area (Å²) in [6, 6.07) is 17.7. The quantitative estimate of drug-likeness (QED) is 0.277. The highest BCUT2D eigenvalue weighted by Gasteiger charge is 2.31. The predicted octanol–water partition coefficient (Wildman–Crippen LogP) is 5.55. The first-order chi connectivity index (χ1) is 19.8. The summed E-state index contributed by atoms with van der Waals surface area (Å²) >= 11 is 0. The third-order valence-corrected chi connectivity index (χ3v) is 11.9. The van der Waals surface area contributed by atoms with E-state index in [1.165, 1.54) is 0 Å². The maximum Gasteiger partial charge on any atom is 0.242 e. The maximum atomic E-state index is 13.2. The lowest BCUT2D eigenvalue weighted by Crippen LogP contribution is -2.39. The van der Waals surface area contributed by atoms with E-state index in [4.69, 9.17) is 0 Å². The number of hydrogen-bond donors (Lipinski definition) is 2. The largest absolute Gasteiger partial charge is 0.255 e. The molecule has 2 aromatic heterocycles. The average Bonchev–Trinajstić information content (AvgIpc) is 2.98. The molecule has 2 aromatic carbocycles. The van der Waals surface area contributed by atoms with Gasteiger partial charge in [0, 0.05) is 35.2 Å². The van der Waals surface area contributed by atoms with Gasteiger partial charge in [0.2, 0.25) is 20.0 Å². The van der Waals surface area contributed by atoms with Crippen LogP contribution in [0.25, 0.3) is 21.8 Å². The first-order valence-electron chi connectivity index (χ1n) is 14.5. The second kappa shape index (κ2) is 11.8. The summed E-state index contributed by atoms with van der Waals surface area (Å²) < 4.78 is 58.7. The number of para-hydroxylation sites is 2. The number of nitrogens with one attached hydrogen (secondary N) is 2. The van der Waals surface area contributed by atoms with E-state index in [0.29, 0.717) is 22.9 Å². The van der Waals surface area contributed by atoms with Gasteiger partial charge in [-0.3, -0.25) is 9.97 Å². The normalized spacial score (nSPS) is 24.0. The third-order valence-electron chi connectivity index (χ3n) is 8.77. The second-order valence-corrected chi connectivity index (χ2v) is 14.9. The van der Waals surface area contributed by atoms with E-state index in [2.05, 4.69) is 19.4 Å². The van der Waals surface area contributed by atoms with Gasteiger partial charge in [0.25, 0.3) is 0 Å². The zero-order valence-corrected chi connectivity index (χ0v) is 24.6. The molecule has 2 fully saturated rings. The van der Waals surface area contributed by atoms with Crippen LogP contribution in [0.1, 0.15) is 57.8 Å². The van der Waals surface area contributed by atoms with Gasteiger partial charge in [-0.2, -0.15) is 0 Å². The monoisotopic (exact) mass is 592 g/mol. The Hall–Kier alpha value is -2.92. The molecule has 0 atom stereocenters. The Morgan fingerprint density at radius 1 is 0.561 bits per heavy atom. The highest BCUT2D eigenvalue weighted by atomic mass is 32.2. The molecule has 0 amide bonds. The second-order valence-electron chi connectivity index (χ2n) is 11.6.